The Morgan fingerprint density at radius 2 is 2.14 bits per heavy atom. The zero-order chi connectivity index (χ0) is 15.7. The number of fused-ring (bicyclic) bond motifs is 1. The quantitative estimate of drug-likeness (QED) is 0.518. The molecule has 2 heterocycles. The van der Waals surface area contributed by atoms with E-state index in [0.29, 0.717) is 10.0 Å². The lowest BCUT2D eigenvalue weighted by Crippen LogP contribution is -1.95. The Labute approximate surface area is 137 Å². The van der Waals surface area contributed by atoms with Crippen molar-refractivity contribution in [2.45, 2.75) is 9.37 Å². The first-order valence-corrected chi connectivity index (χ1v) is 7.87. The van der Waals surface area contributed by atoms with Crippen LogP contribution in [0.5, 0.6) is 0 Å². The molecular formula is C13H5ClN4O2S2. The molecule has 0 fully saturated rings. The van der Waals surface area contributed by atoms with Crippen LogP contribution in [-0.2, 0) is 0 Å². The Balaban J connectivity index is 1.94. The van der Waals surface area contributed by atoms with Crippen LogP contribution in [0.2, 0.25) is 5.02 Å². The summed E-state index contributed by atoms with van der Waals surface area (Å²) < 4.78 is 1.71. The number of aromatic nitrogens is 2. The number of pyridine rings is 1. The van der Waals surface area contributed by atoms with Crippen molar-refractivity contribution in [2.24, 2.45) is 0 Å². The van der Waals surface area contributed by atoms with Gasteiger partial charge in [-0.25, -0.2) is 9.97 Å². The van der Waals surface area contributed by atoms with Crippen molar-refractivity contribution < 1.29 is 4.92 Å². The Morgan fingerprint density at radius 1 is 1.32 bits per heavy atom. The molecule has 0 atom stereocenters. The Kier molecular flexibility index (Phi) is 3.94. The van der Waals surface area contributed by atoms with E-state index < -0.39 is 4.92 Å². The average Bonchev–Trinajstić information content (AvgIpc) is 2.88. The molecule has 22 heavy (non-hydrogen) atoms. The van der Waals surface area contributed by atoms with Gasteiger partial charge in [-0.1, -0.05) is 11.6 Å². The van der Waals surface area contributed by atoms with Crippen LogP contribution in [0, 0.1) is 21.4 Å². The first kappa shape index (κ1) is 14.7. The maximum Gasteiger partial charge on any atom is 0.305 e. The predicted molar refractivity (Wildman–Crippen MR) is 84.4 cm³/mol. The van der Waals surface area contributed by atoms with E-state index in [4.69, 9.17) is 16.9 Å². The van der Waals surface area contributed by atoms with Crippen molar-refractivity contribution in [1.82, 2.24) is 9.97 Å². The van der Waals surface area contributed by atoms with E-state index in [1.807, 2.05) is 6.07 Å². The van der Waals surface area contributed by atoms with Crippen molar-refractivity contribution in [3.8, 4) is 6.07 Å². The van der Waals surface area contributed by atoms with E-state index in [1.54, 1.807) is 18.2 Å². The molecule has 0 bridgehead atoms. The monoisotopic (exact) mass is 348 g/mol. The fraction of sp³-hybridized carbons (Fsp3) is 0. The molecule has 0 aliphatic heterocycles. The molecule has 1 aromatic carbocycles. The second-order valence-corrected chi connectivity index (χ2v) is 6.81. The van der Waals surface area contributed by atoms with Crippen LogP contribution in [0.4, 0.5) is 5.69 Å². The zero-order valence-corrected chi connectivity index (χ0v) is 13.1. The summed E-state index contributed by atoms with van der Waals surface area (Å²) in [6.45, 7) is 0. The van der Waals surface area contributed by atoms with Crippen LogP contribution >= 0.6 is 34.7 Å². The Hall–Kier alpha value is -2.21. The zero-order valence-electron chi connectivity index (χ0n) is 10.7. The summed E-state index contributed by atoms with van der Waals surface area (Å²) >= 11 is 8.63. The molecule has 0 N–H and O–H groups in total. The third-order valence-electron chi connectivity index (χ3n) is 2.67. The van der Waals surface area contributed by atoms with Gasteiger partial charge in [0.25, 0.3) is 0 Å². The first-order valence-electron chi connectivity index (χ1n) is 5.86. The summed E-state index contributed by atoms with van der Waals surface area (Å²) in [6, 6.07) is 9.94. The lowest BCUT2D eigenvalue weighted by molar-refractivity contribution is -0.385. The number of hydrogen-bond acceptors (Lipinski definition) is 7. The highest BCUT2D eigenvalue weighted by molar-refractivity contribution is 8.01. The number of hydrogen-bond donors (Lipinski definition) is 0. The third kappa shape index (κ3) is 2.87. The van der Waals surface area contributed by atoms with Crippen LogP contribution in [0.15, 0.2) is 39.7 Å². The van der Waals surface area contributed by atoms with Gasteiger partial charge in [0.15, 0.2) is 4.34 Å². The molecule has 0 aliphatic carbocycles. The molecule has 2 aromatic heterocycles. The summed E-state index contributed by atoms with van der Waals surface area (Å²) in [7, 11) is 0. The maximum atomic E-state index is 10.8. The summed E-state index contributed by atoms with van der Waals surface area (Å²) in [5, 5.41) is 20.8. The van der Waals surface area contributed by atoms with Crippen LogP contribution in [0.1, 0.15) is 5.69 Å². The molecule has 6 nitrogen and oxygen atoms in total. The standard InChI is InChI=1S/C13H5ClN4O2S2/c14-7-1-3-11-8(5-7)17-13(21-11)22-12-4-2-10(18(19)20)9(6-15)16-12/h1-5H. The average molecular weight is 349 g/mol. The fourth-order valence-electron chi connectivity index (χ4n) is 1.73. The lowest BCUT2D eigenvalue weighted by atomic mass is 10.3. The summed E-state index contributed by atoms with van der Waals surface area (Å²) in [5.41, 5.74) is 0.268. The number of benzene rings is 1. The van der Waals surface area contributed by atoms with Gasteiger partial charge in [-0.2, -0.15) is 5.26 Å². The van der Waals surface area contributed by atoms with E-state index in [-0.39, 0.29) is 11.4 Å². The van der Waals surface area contributed by atoms with Crippen LogP contribution < -0.4 is 0 Å². The van der Waals surface area contributed by atoms with E-state index in [0.717, 1.165) is 14.6 Å². The van der Waals surface area contributed by atoms with Crippen LogP contribution in [0.25, 0.3) is 10.2 Å². The van der Waals surface area contributed by atoms with Crippen LogP contribution in [0.3, 0.4) is 0 Å². The molecule has 0 amide bonds. The molecule has 0 radical (unpaired) electrons. The van der Waals surface area contributed by atoms with Gasteiger partial charge >= 0.3 is 5.69 Å². The van der Waals surface area contributed by atoms with Crippen molar-refractivity contribution in [1.29, 1.82) is 5.26 Å². The SMILES string of the molecule is N#Cc1nc(Sc2nc3cc(Cl)ccc3s2)ccc1[N+](=O)[O-]. The normalized spacial score (nSPS) is 10.5. The second-order valence-electron chi connectivity index (χ2n) is 4.08. The molecule has 0 saturated heterocycles. The largest absolute Gasteiger partial charge is 0.305 e. The number of halogens is 1. The predicted octanol–water partition coefficient (Wildman–Crippen LogP) is 4.28. The second kappa shape index (κ2) is 5.88. The van der Waals surface area contributed by atoms with Gasteiger partial charge in [0.05, 0.1) is 15.1 Å². The van der Waals surface area contributed by atoms with E-state index in [2.05, 4.69) is 9.97 Å². The molecule has 0 unspecified atom stereocenters. The molecule has 0 spiro atoms. The van der Waals surface area contributed by atoms with Crippen molar-refractivity contribution in [3.05, 3.63) is 51.2 Å². The van der Waals surface area contributed by atoms with Gasteiger partial charge in [-0.3, -0.25) is 10.1 Å². The number of nitriles is 1. The van der Waals surface area contributed by atoms with Crippen molar-refractivity contribution in [2.75, 3.05) is 0 Å². The van der Waals surface area contributed by atoms with Gasteiger partial charge in [0.1, 0.15) is 11.1 Å². The number of nitro groups is 1. The molecule has 0 saturated carbocycles. The minimum Gasteiger partial charge on any atom is -0.258 e. The highest BCUT2D eigenvalue weighted by Crippen LogP contribution is 2.35. The topological polar surface area (TPSA) is 92.7 Å². The van der Waals surface area contributed by atoms with Crippen molar-refractivity contribution in [3.63, 3.8) is 0 Å². The lowest BCUT2D eigenvalue weighted by Gasteiger charge is -1.98. The minimum atomic E-state index is -0.625. The highest BCUT2D eigenvalue weighted by Gasteiger charge is 2.16. The molecule has 0 aliphatic rings. The van der Waals surface area contributed by atoms with E-state index in [1.165, 1.54) is 35.2 Å². The molecule has 3 aromatic rings. The summed E-state index contributed by atoms with van der Waals surface area (Å²) in [6.07, 6.45) is 0. The molecule has 3 rings (SSSR count). The number of nitrogens with zero attached hydrogens (tertiary/aromatic N) is 4. The van der Waals surface area contributed by atoms with Gasteiger partial charge in [-0.15, -0.1) is 11.3 Å². The fourth-order valence-corrected chi connectivity index (χ4v) is 3.86. The maximum absolute atomic E-state index is 10.8. The number of thiazole rings is 1. The molecular weight excluding hydrogens is 344 g/mol. The third-order valence-corrected chi connectivity index (χ3v) is 4.94. The molecule has 9 heteroatoms. The summed E-state index contributed by atoms with van der Waals surface area (Å²) in [5.74, 6) is 0. The van der Waals surface area contributed by atoms with Gasteiger partial charge in [-0.05, 0) is 36.0 Å². The summed E-state index contributed by atoms with van der Waals surface area (Å²) in [4.78, 5) is 18.6. The Morgan fingerprint density at radius 3 is 2.86 bits per heavy atom. The molecule has 108 valence electrons. The number of rotatable bonds is 3. The Bertz CT molecular complexity index is 935. The smallest absolute Gasteiger partial charge is 0.258 e. The van der Waals surface area contributed by atoms with E-state index >= 15 is 0 Å². The van der Waals surface area contributed by atoms with Gasteiger partial charge < -0.3 is 0 Å². The first-order chi connectivity index (χ1) is 10.6. The van der Waals surface area contributed by atoms with Gasteiger partial charge in [0, 0.05) is 11.1 Å². The highest BCUT2D eigenvalue weighted by atomic mass is 35.5. The van der Waals surface area contributed by atoms with Crippen LogP contribution in [-0.4, -0.2) is 14.9 Å². The van der Waals surface area contributed by atoms with Gasteiger partial charge in [0.2, 0.25) is 5.69 Å². The van der Waals surface area contributed by atoms with E-state index in [9.17, 15) is 10.1 Å². The van der Waals surface area contributed by atoms with Crippen molar-refractivity contribution >= 4 is 50.6 Å². The minimum absolute atomic E-state index is 0.209.